The van der Waals surface area contributed by atoms with Gasteiger partial charge >= 0.3 is 40.8 Å². The number of nitrogen functional groups attached to an aromatic ring is 1. The van der Waals surface area contributed by atoms with E-state index < -0.39 is 71.5 Å². The van der Waals surface area contributed by atoms with E-state index in [9.17, 15) is 24.0 Å². The van der Waals surface area contributed by atoms with Gasteiger partial charge < -0.3 is 47.7 Å². The maximum absolute atomic E-state index is 13.3. The highest BCUT2D eigenvalue weighted by Crippen LogP contribution is 2.48. The molecule has 1 aromatic rings. The van der Waals surface area contributed by atoms with Crippen molar-refractivity contribution in [1.82, 2.24) is 14.9 Å². The maximum Gasteiger partial charge on any atom is 0.407 e. The van der Waals surface area contributed by atoms with Gasteiger partial charge in [-0.15, -0.1) is 0 Å². The lowest BCUT2D eigenvalue weighted by Gasteiger charge is -2.51. The second-order valence-corrected chi connectivity index (χ2v) is 23.1. The van der Waals surface area contributed by atoms with Crippen LogP contribution in [0.5, 0.6) is 0 Å². The van der Waals surface area contributed by atoms with E-state index in [4.69, 9.17) is 37.6 Å². The number of anilines is 1. The van der Waals surface area contributed by atoms with Gasteiger partial charge in [-0.05, 0) is 35.2 Å². The number of esters is 2. The number of amides is 1. The number of ketones is 1. The molecule has 3 N–H and O–H groups in total. The number of ether oxygens (including phenoxy) is 5. The minimum atomic E-state index is -3.16. The van der Waals surface area contributed by atoms with Gasteiger partial charge in [-0.25, -0.2) is 14.4 Å². The molecule has 52 heavy (non-hydrogen) atoms. The van der Waals surface area contributed by atoms with Crippen molar-refractivity contribution < 1.29 is 55.8 Å². The summed E-state index contributed by atoms with van der Waals surface area (Å²) in [5, 5.41) is 2.64. The SMILES string of the molecule is CC(=O)CC(OCCOCCNC(=O)O[C@@H]1[C@@H]2O[Si](C(C)C)(C(C)C)O[Si](C(C)C)(C(C)C)OC[C@H]2O[C@H]1n1ccc(N)nc1=O)C(=O)OC(C)=O. The summed E-state index contributed by atoms with van der Waals surface area (Å²) < 4.78 is 50.3. The molecule has 294 valence electrons. The van der Waals surface area contributed by atoms with Gasteiger partial charge in [0, 0.05) is 26.1 Å². The Kier molecular flexibility index (Phi) is 15.7. The molecule has 1 amide bonds. The van der Waals surface area contributed by atoms with Gasteiger partial charge in [0.05, 0.1) is 26.4 Å². The number of nitrogens with two attached hydrogens (primary N) is 1. The molecule has 1 unspecified atom stereocenters. The van der Waals surface area contributed by atoms with Crippen LogP contribution < -0.4 is 16.7 Å². The van der Waals surface area contributed by atoms with Crippen LogP contribution in [-0.4, -0.2) is 108 Å². The first-order valence-corrected chi connectivity index (χ1v) is 21.7. The van der Waals surface area contributed by atoms with Crippen LogP contribution in [0.1, 0.15) is 81.9 Å². The molecule has 0 spiro atoms. The third-order valence-corrected chi connectivity index (χ3v) is 19.3. The van der Waals surface area contributed by atoms with E-state index in [1.54, 1.807) is 0 Å². The van der Waals surface area contributed by atoms with Crippen molar-refractivity contribution in [2.24, 2.45) is 0 Å². The van der Waals surface area contributed by atoms with E-state index in [0.717, 1.165) is 6.92 Å². The minimum Gasteiger partial charge on any atom is -0.439 e. The molecule has 2 fully saturated rings. The fourth-order valence-electron chi connectivity index (χ4n) is 6.51. The van der Waals surface area contributed by atoms with Crippen LogP contribution in [0.3, 0.4) is 0 Å². The zero-order valence-electron chi connectivity index (χ0n) is 31.9. The molecule has 2 saturated heterocycles. The van der Waals surface area contributed by atoms with E-state index in [1.165, 1.54) is 23.8 Å². The van der Waals surface area contributed by atoms with Crippen molar-refractivity contribution in [3.05, 3.63) is 22.7 Å². The van der Waals surface area contributed by atoms with Gasteiger partial charge in [0.1, 0.15) is 23.8 Å². The van der Waals surface area contributed by atoms with Crippen LogP contribution in [0.15, 0.2) is 17.1 Å². The first kappa shape index (κ1) is 43.4. The number of Topliss-reactive ketones (excluding diaryl/α,β-unsaturated/α-hetero) is 1. The number of alkyl carbamates (subject to hydrolysis) is 1. The summed E-state index contributed by atoms with van der Waals surface area (Å²) in [5.74, 6) is -2.07. The number of carbonyl (C=O) groups excluding carboxylic acids is 4. The fraction of sp³-hybridized carbons (Fsp3) is 0.758. The molecule has 2 aliphatic rings. The lowest BCUT2D eigenvalue weighted by Crippen LogP contribution is -2.66. The van der Waals surface area contributed by atoms with E-state index in [-0.39, 0.29) is 73.2 Å². The lowest BCUT2D eigenvalue weighted by atomic mass is 10.1. The van der Waals surface area contributed by atoms with Gasteiger partial charge in [-0.1, -0.05) is 55.4 Å². The molecular weight excluding hydrogens is 717 g/mol. The maximum atomic E-state index is 13.3. The molecule has 0 aliphatic carbocycles. The Bertz CT molecular complexity index is 1440. The minimum absolute atomic E-state index is 0.0103. The topological polar surface area (TPSA) is 215 Å². The standard InChI is InChI=1S/C33H56N4O13Si2/c1-19(2)51(20(3)4)45-18-26-28(49-52(50-51,21(5)6)22(7)8)29(30(47-26)37-13-11-27(34)36-32(37)41)48-33(42)35-12-14-43-15-16-44-25(17-23(9)38)31(40)46-24(10)39/h11,13,19-22,25-26,28-30H,12,14-18H2,1-10H3,(H,35,42)(H2,34,36,41)/t25?,26-,28-,29-,30-/m1/s1. The second kappa shape index (κ2) is 18.8. The van der Waals surface area contributed by atoms with Crippen LogP contribution >= 0.6 is 0 Å². The monoisotopic (exact) mass is 772 g/mol. The van der Waals surface area contributed by atoms with Crippen molar-refractivity contribution in [2.75, 3.05) is 38.7 Å². The Labute approximate surface area is 307 Å². The summed E-state index contributed by atoms with van der Waals surface area (Å²) in [5.41, 5.74) is 5.23. The van der Waals surface area contributed by atoms with Gasteiger partial charge in [0.2, 0.25) is 0 Å². The Hall–Kier alpha value is -3.05. The summed E-state index contributed by atoms with van der Waals surface area (Å²) in [4.78, 5) is 64.9. The molecule has 1 aromatic heterocycles. The van der Waals surface area contributed by atoms with Crippen molar-refractivity contribution in [1.29, 1.82) is 0 Å². The predicted molar refractivity (Wildman–Crippen MR) is 192 cm³/mol. The number of rotatable bonds is 16. The summed E-state index contributed by atoms with van der Waals surface area (Å²) in [7, 11) is -6.07. The highest BCUT2D eigenvalue weighted by molar-refractivity contribution is 6.84. The van der Waals surface area contributed by atoms with Crippen LogP contribution in [-0.2, 0) is 51.0 Å². The first-order valence-electron chi connectivity index (χ1n) is 17.7. The average molecular weight is 773 g/mol. The molecule has 2 aliphatic heterocycles. The van der Waals surface area contributed by atoms with E-state index in [2.05, 4.69) is 70.4 Å². The molecule has 0 radical (unpaired) electrons. The predicted octanol–water partition coefficient (Wildman–Crippen LogP) is 3.24. The highest BCUT2D eigenvalue weighted by Gasteiger charge is 2.62. The van der Waals surface area contributed by atoms with Crippen molar-refractivity contribution >= 4 is 46.8 Å². The van der Waals surface area contributed by atoms with Gasteiger partial charge in [-0.3, -0.25) is 14.2 Å². The molecule has 5 atom stereocenters. The highest BCUT2D eigenvalue weighted by atomic mass is 28.5. The largest absolute Gasteiger partial charge is 0.439 e. The van der Waals surface area contributed by atoms with E-state index in [0.29, 0.717) is 0 Å². The molecular formula is C33H56N4O13Si2. The molecule has 17 nitrogen and oxygen atoms in total. The quantitative estimate of drug-likeness (QED) is 0.107. The normalized spacial score (nSPS) is 23.2. The molecule has 19 heteroatoms. The lowest BCUT2D eigenvalue weighted by molar-refractivity contribution is -0.168. The van der Waals surface area contributed by atoms with Crippen LogP contribution in [0.25, 0.3) is 0 Å². The number of aromatic nitrogens is 2. The number of carbonyl (C=O) groups is 4. The van der Waals surface area contributed by atoms with Gasteiger partial charge in [0.15, 0.2) is 18.4 Å². The number of hydrogen-bond acceptors (Lipinski definition) is 15. The molecule has 3 rings (SSSR count). The molecule has 0 saturated carbocycles. The van der Waals surface area contributed by atoms with Crippen LogP contribution in [0.4, 0.5) is 10.6 Å². The van der Waals surface area contributed by atoms with Crippen molar-refractivity contribution in [2.45, 2.75) is 128 Å². The first-order chi connectivity index (χ1) is 24.3. The average Bonchev–Trinajstić information content (AvgIpc) is 3.33. The number of fused-ring (bicyclic) bond motifs is 1. The van der Waals surface area contributed by atoms with Crippen LogP contribution in [0, 0.1) is 0 Å². The Balaban J connectivity index is 1.78. The zero-order valence-corrected chi connectivity index (χ0v) is 33.9. The number of nitrogens with zero attached hydrogens (tertiary/aromatic N) is 2. The zero-order chi connectivity index (χ0) is 39.0. The van der Waals surface area contributed by atoms with Gasteiger partial charge in [-0.2, -0.15) is 4.98 Å². The Morgan fingerprint density at radius 2 is 1.62 bits per heavy atom. The Morgan fingerprint density at radius 3 is 2.17 bits per heavy atom. The third-order valence-electron chi connectivity index (χ3n) is 9.03. The summed E-state index contributed by atoms with van der Waals surface area (Å²) in [6.45, 7) is 19.1. The summed E-state index contributed by atoms with van der Waals surface area (Å²) in [6, 6.07) is 1.45. The molecule has 0 aromatic carbocycles. The fourth-order valence-corrected chi connectivity index (χ4v) is 17.7. The third kappa shape index (κ3) is 10.5. The van der Waals surface area contributed by atoms with Crippen molar-refractivity contribution in [3.8, 4) is 0 Å². The van der Waals surface area contributed by atoms with E-state index in [1.807, 2.05) is 0 Å². The van der Waals surface area contributed by atoms with Gasteiger partial charge in [0.25, 0.3) is 0 Å². The number of hydrogen-bond donors (Lipinski definition) is 2. The van der Waals surface area contributed by atoms with E-state index >= 15 is 0 Å². The smallest absolute Gasteiger partial charge is 0.407 e. The van der Waals surface area contributed by atoms with Crippen molar-refractivity contribution in [3.63, 3.8) is 0 Å². The second-order valence-electron chi connectivity index (χ2n) is 14.3. The molecule has 3 heterocycles. The summed E-state index contributed by atoms with van der Waals surface area (Å²) in [6.07, 6.45) is -4.68. The number of nitrogens with one attached hydrogen (secondary N) is 1. The Morgan fingerprint density at radius 1 is 0.981 bits per heavy atom. The molecule has 0 bridgehead atoms. The summed E-state index contributed by atoms with van der Waals surface area (Å²) >= 11 is 0. The van der Waals surface area contributed by atoms with Crippen LogP contribution in [0.2, 0.25) is 22.2 Å².